The van der Waals surface area contributed by atoms with E-state index in [-0.39, 0.29) is 16.8 Å². The molecule has 0 atom stereocenters. The summed E-state index contributed by atoms with van der Waals surface area (Å²) in [7, 11) is -4.31. The Morgan fingerprint density at radius 2 is 1.65 bits per heavy atom. The number of amides is 1. The highest BCUT2D eigenvalue weighted by atomic mass is 32.2. The number of carbonyl (C=O) groups excluding carboxylic acids is 1. The molecule has 2 N–H and O–H groups in total. The second kappa shape index (κ2) is 9.40. The van der Waals surface area contributed by atoms with Gasteiger partial charge in [-0.25, -0.2) is 8.42 Å². The molecule has 0 bridgehead atoms. The monoisotopic (exact) mass is 439 g/mol. The number of nitrogens with zero attached hydrogens (tertiary/aromatic N) is 1. The fourth-order valence-corrected chi connectivity index (χ4v) is 4.64. The zero-order valence-electron chi connectivity index (χ0n) is 16.7. The minimum absolute atomic E-state index is 0.0391. The molecule has 0 unspecified atom stereocenters. The van der Waals surface area contributed by atoms with Crippen molar-refractivity contribution in [3.8, 4) is 0 Å². The number of rotatable bonds is 8. The maximum atomic E-state index is 13.0. The minimum Gasteiger partial charge on any atom is -0.352 e. The molecule has 0 aromatic heterocycles. The van der Waals surface area contributed by atoms with Crippen LogP contribution in [0.2, 0.25) is 0 Å². The quantitative estimate of drug-likeness (QED) is 0.410. The number of sulfonamides is 1. The first-order chi connectivity index (χ1) is 14.8. The van der Waals surface area contributed by atoms with Crippen molar-refractivity contribution in [1.82, 2.24) is 5.32 Å². The molecular formula is C22H21N3O5S. The summed E-state index contributed by atoms with van der Waals surface area (Å²) in [4.78, 5) is 22.8. The first-order valence-electron chi connectivity index (χ1n) is 9.47. The molecule has 9 heteroatoms. The van der Waals surface area contributed by atoms with Gasteiger partial charge in [-0.15, -0.1) is 0 Å². The molecule has 0 heterocycles. The van der Waals surface area contributed by atoms with E-state index in [1.54, 1.807) is 12.1 Å². The molecule has 0 radical (unpaired) electrons. The third kappa shape index (κ3) is 5.26. The van der Waals surface area contributed by atoms with E-state index < -0.39 is 31.4 Å². The van der Waals surface area contributed by atoms with E-state index in [0.717, 1.165) is 11.6 Å². The number of anilines is 1. The molecule has 0 fully saturated rings. The summed E-state index contributed by atoms with van der Waals surface area (Å²) in [5, 5.41) is 14.1. The van der Waals surface area contributed by atoms with Crippen LogP contribution >= 0.6 is 0 Å². The van der Waals surface area contributed by atoms with Crippen LogP contribution in [0, 0.1) is 17.0 Å². The van der Waals surface area contributed by atoms with Crippen LogP contribution in [0.1, 0.15) is 21.5 Å². The maximum Gasteiger partial charge on any atom is 0.290 e. The van der Waals surface area contributed by atoms with E-state index in [0.29, 0.717) is 13.0 Å². The minimum atomic E-state index is -4.31. The van der Waals surface area contributed by atoms with Crippen LogP contribution in [0.5, 0.6) is 0 Å². The Labute approximate surface area is 180 Å². The maximum absolute atomic E-state index is 13.0. The van der Waals surface area contributed by atoms with Crippen molar-refractivity contribution in [2.75, 3.05) is 11.3 Å². The molecule has 160 valence electrons. The molecule has 0 aliphatic carbocycles. The van der Waals surface area contributed by atoms with Gasteiger partial charge in [-0.2, -0.15) is 0 Å². The lowest BCUT2D eigenvalue weighted by atomic mass is 10.1. The van der Waals surface area contributed by atoms with Crippen LogP contribution in [-0.2, 0) is 16.4 Å². The number of carbonyl (C=O) groups is 1. The van der Waals surface area contributed by atoms with Crippen LogP contribution < -0.4 is 10.0 Å². The van der Waals surface area contributed by atoms with Gasteiger partial charge in [0.05, 0.1) is 16.2 Å². The lowest BCUT2D eigenvalue weighted by Crippen LogP contribution is -2.27. The fourth-order valence-electron chi connectivity index (χ4n) is 3.16. The Morgan fingerprint density at radius 1 is 0.968 bits per heavy atom. The summed E-state index contributed by atoms with van der Waals surface area (Å²) in [5.74, 6) is -0.450. The summed E-state index contributed by atoms with van der Waals surface area (Å²) in [5.41, 5.74) is 0.917. The van der Waals surface area contributed by atoms with Crippen LogP contribution in [0.3, 0.4) is 0 Å². The van der Waals surface area contributed by atoms with Gasteiger partial charge >= 0.3 is 0 Å². The van der Waals surface area contributed by atoms with Crippen molar-refractivity contribution in [2.45, 2.75) is 18.2 Å². The molecule has 1 amide bonds. The fraction of sp³-hybridized carbons (Fsp3) is 0.136. The zero-order chi connectivity index (χ0) is 22.4. The van der Waals surface area contributed by atoms with Gasteiger partial charge in [0.2, 0.25) is 0 Å². The Balaban J connectivity index is 1.82. The van der Waals surface area contributed by atoms with E-state index in [1.165, 1.54) is 31.2 Å². The van der Waals surface area contributed by atoms with Crippen molar-refractivity contribution in [1.29, 1.82) is 0 Å². The molecule has 0 saturated heterocycles. The van der Waals surface area contributed by atoms with Crippen molar-refractivity contribution in [3.63, 3.8) is 0 Å². The smallest absolute Gasteiger partial charge is 0.290 e. The molecular weight excluding hydrogens is 418 g/mol. The number of nitrogens with one attached hydrogen (secondary N) is 2. The van der Waals surface area contributed by atoms with E-state index in [4.69, 9.17) is 0 Å². The van der Waals surface area contributed by atoms with Crippen molar-refractivity contribution in [2.24, 2.45) is 0 Å². The first kappa shape index (κ1) is 22.0. The number of nitro benzene ring substituents is 1. The molecule has 31 heavy (non-hydrogen) atoms. The Morgan fingerprint density at radius 3 is 2.35 bits per heavy atom. The Hall–Kier alpha value is -3.72. The molecule has 0 spiro atoms. The molecule has 8 nitrogen and oxygen atoms in total. The lowest BCUT2D eigenvalue weighted by Gasteiger charge is -2.14. The lowest BCUT2D eigenvalue weighted by molar-refractivity contribution is -0.387. The number of hydrogen-bond donors (Lipinski definition) is 2. The van der Waals surface area contributed by atoms with E-state index in [1.807, 2.05) is 30.3 Å². The predicted octanol–water partition coefficient (Wildman–Crippen LogP) is 3.68. The molecule has 0 saturated carbocycles. The molecule has 3 aromatic carbocycles. The SMILES string of the molecule is Cc1cccc([N+](=O)[O-])c1S(=O)(=O)Nc1ccccc1C(=O)NCCc1ccccc1. The van der Waals surface area contributed by atoms with Gasteiger partial charge in [0.15, 0.2) is 4.90 Å². The van der Waals surface area contributed by atoms with Gasteiger partial charge in [-0.05, 0) is 36.6 Å². The average Bonchev–Trinajstić information content (AvgIpc) is 2.74. The van der Waals surface area contributed by atoms with Crippen LogP contribution in [0.25, 0.3) is 0 Å². The highest BCUT2D eigenvalue weighted by molar-refractivity contribution is 7.93. The summed E-state index contributed by atoms with van der Waals surface area (Å²) in [6, 6.07) is 19.8. The Bertz CT molecular complexity index is 1210. The highest BCUT2D eigenvalue weighted by Gasteiger charge is 2.29. The predicted molar refractivity (Wildman–Crippen MR) is 118 cm³/mol. The molecule has 3 rings (SSSR count). The number of benzene rings is 3. The third-order valence-electron chi connectivity index (χ3n) is 4.61. The van der Waals surface area contributed by atoms with Crippen LogP contribution in [0.4, 0.5) is 11.4 Å². The van der Waals surface area contributed by atoms with Gasteiger partial charge in [0.1, 0.15) is 0 Å². The summed E-state index contributed by atoms with van der Waals surface area (Å²) < 4.78 is 28.3. The summed E-state index contributed by atoms with van der Waals surface area (Å²) in [6.45, 7) is 1.84. The topological polar surface area (TPSA) is 118 Å². The van der Waals surface area contributed by atoms with Gasteiger partial charge in [-0.1, -0.05) is 54.6 Å². The zero-order valence-corrected chi connectivity index (χ0v) is 17.6. The normalized spacial score (nSPS) is 11.0. The Kier molecular flexibility index (Phi) is 6.66. The number of aryl methyl sites for hydroxylation is 1. The first-order valence-corrected chi connectivity index (χ1v) is 11.0. The van der Waals surface area contributed by atoms with Crippen molar-refractivity contribution < 1.29 is 18.1 Å². The van der Waals surface area contributed by atoms with E-state index in [9.17, 15) is 23.3 Å². The molecule has 3 aromatic rings. The summed E-state index contributed by atoms with van der Waals surface area (Å²) >= 11 is 0. The van der Waals surface area contributed by atoms with E-state index >= 15 is 0 Å². The third-order valence-corrected chi connectivity index (χ3v) is 6.17. The number of para-hydroxylation sites is 1. The molecule has 0 aliphatic rings. The molecule has 0 aliphatic heterocycles. The van der Waals surface area contributed by atoms with Gasteiger partial charge in [-0.3, -0.25) is 19.6 Å². The largest absolute Gasteiger partial charge is 0.352 e. The van der Waals surface area contributed by atoms with Crippen LogP contribution in [0.15, 0.2) is 77.7 Å². The number of hydrogen-bond acceptors (Lipinski definition) is 5. The standard InChI is InChI=1S/C22H21N3O5S/c1-16-8-7-13-20(25(27)28)21(16)31(29,30)24-19-12-6-5-11-18(19)22(26)23-15-14-17-9-3-2-4-10-17/h2-13,24H,14-15H2,1H3,(H,23,26). The second-order valence-corrected chi connectivity index (χ2v) is 8.44. The van der Waals surface area contributed by atoms with Crippen LogP contribution in [-0.4, -0.2) is 25.8 Å². The number of nitro groups is 1. The highest BCUT2D eigenvalue weighted by Crippen LogP contribution is 2.29. The summed E-state index contributed by atoms with van der Waals surface area (Å²) in [6.07, 6.45) is 0.621. The average molecular weight is 439 g/mol. The van der Waals surface area contributed by atoms with Crippen molar-refractivity contribution in [3.05, 3.63) is 99.6 Å². The second-order valence-electron chi connectivity index (χ2n) is 6.82. The van der Waals surface area contributed by atoms with Gasteiger partial charge in [0.25, 0.3) is 21.6 Å². The van der Waals surface area contributed by atoms with E-state index in [2.05, 4.69) is 10.0 Å². The van der Waals surface area contributed by atoms with Gasteiger partial charge in [0, 0.05) is 12.6 Å². The van der Waals surface area contributed by atoms with Crippen molar-refractivity contribution >= 4 is 27.3 Å². The van der Waals surface area contributed by atoms with Gasteiger partial charge < -0.3 is 5.32 Å².